The van der Waals surface area contributed by atoms with E-state index < -0.39 is 5.97 Å². The normalized spacial score (nSPS) is 14.6. The van der Waals surface area contributed by atoms with E-state index in [-0.39, 0.29) is 13.4 Å². The smallest absolute Gasteiger partial charge is 0.368 e. The molecule has 4 rings (SSSR count). The maximum atomic E-state index is 12.4. The topological polar surface area (TPSA) is 103 Å². The van der Waals surface area contributed by atoms with Crippen LogP contribution in [0.2, 0.25) is 0 Å². The van der Waals surface area contributed by atoms with Gasteiger partial charge in [0.25, 0.3) is 0 Å². The monoisotopic (exact) mass is 434 g/mol. The summed E-state index contributed by atoms with van der Waals surface area (Å²) in [6.45, 7) is 3.65. The molecule has 1 aromatic heterocycles. The number of oxime groups is 1. The number of aromatic nitrogens is 1. The Labute approximate surface area is 184 Å². The van der Waals surface area contributed by atoms with E-state index in [0.29, 0.717) is 17.0 Å². The Morgan fingerprint density at radius 2 is 1.81 bits per heavy atom. The second kappa shape index (κ2) is 9.19. The van der Waals surface area contributed by atoms with Crippen LogP contribution in [0.5, 0.6) is 5.75 Å². The molecule has 0 unspecified atom stereocenters. The molecule has 2 aromatic carbocycles. The predicted molar refractivity (Wildman–Crippen MR) is 117 cm³/mol. The van der Waals surface area contributed by atoms with Crippen molar-refractivity contribution in [2.45, 2.75) is 20.5 Å². The summed E-state index contributed by atoms with van der Waals surface area (Å²) in [4.78, 5) is 21.5. The summed E-state index contributed by atoms with van der Waals surface area (Å²) in [7, 11) is 0. The quantitative estimate of drug-likeness (QED) is 0.193. The number of nitrogens with zero attached hydrogens (tertiary/aromatic N) is 2. The van der Waals surface area contributed by atoms with Crippen LogP contribution in [-0.2, 0) is 21.1 Å². The first kappa shape index (κ1) is 21.5. The zero-order chi connectivity index (χ0) is 22.7. The fraction of sp³-hybridized carbons (Fsp3) is 0.167. The van der Waals surface area contributed by atoms with Gasteiger partial charge in [-0.3, -0.25) is 5.26 Å². The van der Waals surface area contributed by atoms with Crippen molar-refractivity contribution in [3.63, 3.8) is 0 Å². The maximum absolute atomic E-state index is 12.4. The van der Waals surface area contributed by atoms with Crippen molar-refractivity contribution in [1.82, 2.24) is 4.57 Å². The molecule has 3 aromatic rings. The van der Waals surface area contributed by atoms with Gasteiger partial charge in [-0.1, -0.05) is 29.4 Å². The van der Waals surface area contributed by atoms with Crippen molar-refractivity contribution in [2.24, 2.45) is 5.16 Å². The van der Waals surface area contributed by atoms with E-state index in [0.717, 1.165) is 33.8 Å². The average molecular weight is 434 g/mol. The largest absolute Gasteiger partial charge is 0.468 e. The number of carbonyl (C=O) groups excluding carboxylic acids is 1. The molecule has 2 heterocycles. The van der Waals surface area contributed by atoms with E-state index in [1.54, 1.807) is 42.5 Å². The lowest BCUT2D eigenvalue weighted by atomic mass is 10.00. The molecule has 0 aliphatic carbocycles. The van der Waals surface area contributed by atoms with Crippen LogP contribution in [0.4, 0.5) is 0 Å². The van der Waals surface area contributed by atoms with Gasteiger partial charge in [-0.15, -0.1) is 0 Å². The number of ether oxygens (including phenoxy) is 1. The molecule has 0 saturated heterocycles. The fourth-order valence-corrected chi connectivity index (χ4v) is 3.70. The summed E-state index contributed by atoms with van der Waals surface area (Å²) in [6, 6.07) is 16.5. The molecule has 0 amide bonds. The molecule has 0 fully saturated rings. The maximum Gasteiger partial charge on any atom is 0.368 e. The SMILES string of the molecule is Cc1cc(C=C2C(=O)ON=C2c2ccc(COO)cc2)c(C)n1-c1ccc(OCO)cc1. The predicted octanol–water partition coefficient (Wildman–Crippen LogP) is 3.76. The Morgan fingerprint density at radius 3 is 2.47 bits per heavy atom. The Morgan fingerprint density at radius 1 is 1.09 bits per heavy atom. The van der Waals surface area contributed by atoms with Crippen LogP contribution in [0.3, 0.4) is 0 Å². The lowest BCUT2D eigenvalue weighted by molar-refractivity contribution is -0.253. The fourth-order valence-electron chi connectivity index (χ4n) is 3.70. The summed E-state index contributed by atoms with van der Waals surface area (Å²) in [6.07, 6.45) is 1.78. The third-order valence-electron chi connectivity index (χ3n) is 5.25. The molecule has 1 aliphatic heterocycles. The number of carbonyl (C=O) groups is 1. The van der Waals surface area contributed by atoms with Crippen molar-refractivity contribution >= 4 is 17.8 Å². The van der Waals surface area contributed by atoms with Crippen LogP contribution in [0, 0.1) is 13.8 Å². The Balaban J connectivity index is 1.67. The van der Waals surface area contributed by atoms with Crippen LogP contribution >= 0.6 is 0 Å². The summed E-state index contributed by atoms with van der Waals surface area (Å²) < 4.78 is 7.16. The molecule has 8 heteroatoms. The number of hydrogen-bond acceptors (Lipinski definition) is 7. The van der Waals surface area contributed by atoms with Gasteiger partial charge in [-0.25, -0.2) is 9.68 Å². The van der Waals surface area contributed by atoms with E-state index in [1.165, 1.54) is 0 Å². The lowest BCUT2D eigenvalue weighted by Gasteiger charge is -2.11. The molecule has 0 bridgehead atoms. The molecular formula is C24H22N2O6. The Kier molecular flexibility index (Phi) is 6.18. The standard InChI is InChI=1S/C24H22N2O6/c1-15-11-19(16(2)26(15)20-7-9-21(10-8-20)30-14-27)12-22-23(25-32-24(22)28)18-5-3-17(4-6-18)13-31-29/h3-12,27,29H,13-14H2,1-2H3. The summed E-state index contributed by atoms with van der Waals surface area (Å²) in [5.41, 5.74) is 6.04. The second-order valence-corrected chi connectivity index (χ2v) is 7.28. The first-order valence-electron chi connectivity index (χ1n) is 9.92. The summed E-state index contributed by atoms with van der Waals surface area (Å²) in [5, 5.41) is 21.5. The van der Waals surface area contributed by atoms with Crippen LogP contribution in [0.25, 0.3) is 11.8 Å². The minimum Gasteiger partial charge on any atom is -0.468 e. The highest BCUT2D eigenvalue weighted by Gasteiger charge is 2.27. The van der Waals surface area contributed by atoms with Crippen LogP contribution in [0.1, 0.15) is 28.1 Å². The number of hydrogen-bond donors (Lipinski definition) is 2. The van der Waals surface area contributed by atoms with Crippen LogP contribution in [-0.4, -0.2) is 33.4 Å². The number of aliphatic hydroxyl groups excluding tert-OH is 1. The zero-order valence-corrected chi connectivity index (χ0v) is 17.6. The highest BCUT2D eigenvalue weighted by molar-refractivity contribution is 6.31. The molecule has 32 heavy (non-hydrogen) atoms. The molecule has 1 aliphatic rings. The van der Waals surface area contributed by atoms with Crippen molar-refractivity contribution in [3.8, 4) is 11.4 Å². The van der Waals surface area contributed by atoms with Crippen molar-refractivity contribution in [1.29, 1.82) is 0 Å². The molecule has 0 radical (unpaired) electrons. The molecule has 8 nitrogen and oxygen atoms in total. The van der Waals surface area contributed by atoms with Gasteiger partial charge in [0.15, 0.2) is 6.79 Å². The van der Waals surface area contributed by atoms with E-state index >= 15 is 0 Å². The van der Waals surface area contributed by atoms with Gasteiger partial charge in [0.05, 0.1) is 5.57 Å². The van der Waals surface area contributed by atoms with Gasteiger partial charge in [-0.05, 0) is 61.4 Å². The number of rotatable bonds is 7. The van der Waals surface area contributed by atoms with E-state index in [4.69, 9.17) is 19.9 Å². The molecule has 0 spiro atoms. The molecule has 2 N–H and O–H groups in total. The molecule has 164 valence electrons. The zero-order valence-electron chi connectivity index (χ0n) is 17.6. The average Bonchev–Trinajstić information content (AvgIpc) is 3.29. The lowest BCUT2D eigenvalue weighted by Crippen LogP contribution is -2.07. The minimum atomic E-state index is -0.516. The third-order valence-corrected chi connectivity index (χ3v) is 5.25. The van der Waals surface area contributed by atoms with Gasteiger partial charge in [0.1, 0.15) is 18.1 Å². The van der Waals surface area contributed by atoms with Crippen LogP contribution < -0.4 is 4.74 Å². The van der Waals surface area contributed by atoms with Gasteiger partial charge in [0, 0.05) is 22.6 Å². The number of benzene rings is 2. The van der Waals surface area contributed by atoms with Gasteiger partial charge < -0.3 is 19.2 Å². The number of aryl methyl sites for hydroxylation is 1. The molecule has 0 saturated carbocycles. The second-order valence-electron chi connectivity index (χ2n) is 7.28. The van der Waals surface area contributed by atoms with Gasteiger partial charge >= 0.3 is 5.97 Å². The highest BCUT2D eigenvalue weighted by Crippen LogP contribution is 2.27. The van der Waals surface area contributed by atoms with Gasteiger partial charge in [0.2, 0.25) is 0 Å². The molecular weight excluding hydrogens is 412 g/mol. The minimum absolute atomic E-state index is 0.0734. The molecule has 0 atom stereocenters. The van der Waals surface area contributed by atoms with E-state index in [1.807, 2.05) is 32.0 Å². The van der Waals surface area contributed by atoms with Crippen molar-refractivity contribution in [3.05, 3.63) is 88.2 Å². The van der Waals surface area contributed by atoms with Crippen molar-refractivity contribution in [2.75, 3.05) is 6.79 Å². The van der Waals surface area contributed by atoms with Crippen LogP contribution in [0.15, 0.2) is 65.3 Å². The summed E-state index contributed by atoms with van der Waals surface area (Å²) in [5.74, 6) is 0.0604. The Bertz CT molecular complexity index is 1190. The van der Waals surface area contributed by atoms with E-state index in [2.05, 4.69) is 14.6 Å². The van der Waals surface area contributed by atoms with E-state index in [9.17, 15) is 4.79 Å². The highest BCUT2D eigenvalue weighted by atomic mass is 17.1. The third kappa shape index (κ3) is 4.19. The Hall–Kier alpha value is -3.72. The number of aliphatic hydroxyl groups is 1. The first-order chi connectivity index (χ1) is 15.5. The van der Waals surface area contributed by atoms with Gasteiger partial charge in [-0.2, -0.15) is 0 Å². The van der Waals surface area contributed by atoms with Crippen molar-refractivity contribution < 1.29 is 29.6 Å². The summed E-state index contributed by atoms with van der Waals surface area (Å²) >= 11 is 0. The first-order valence-corrected chi connectivity index (χ1v) is 9.92.